The fourth-order valence-corrected chi connectivity index (χ4v) is 2.84. The maximum atomic E-state index is 13.3. The van der Waals surface area contributed by atoms with Gasteiger partial charge in [0, 0.05) is 25.0 Å². The highest BCUT2D eigenvalue weighted by atomic mass is 19.1. The van der Waals surface area contributed by atoms with Crippen molar-refractivity contribution in [2.24, 2.45) is 0 Å². The molecule has 0 spiro atoms. The number of anilines is 1. The van der Waals surface area contributed by atoms with Crippen molar-refractivity contribution in [1.29, 1.82) is 0 Å². The molecule has 1 aromatic carbocycles. The van der Waals surface area contributed by atoms with Crippen LogP contribution in [0.15, 0.2) is 48.7 Å². The van der Waals surface area contributed by atoms with Gasteiger partial charge < -0.3 is 15.0 Å². The average molecular weight is 357 g/mol. The zero-order valence-corrected chi connectivity index (χ0v) is 14.2. The lowest BCUT2D eigenvalue weighted by Crippen LogP contribution is -2.43. The van der Waals surface area contributed by atoms with Crippen LogP contribution in [0.3, 0.4) is 0 Å². The Morgan fingerprint density at radius 1 is 1.27 bits per heavy atom. The normalized spacial score (nSPS) is 16.3. The van der Waals surface area contributed by atoms with Gasteiger partial charge in [0.2, 0.25) is 0 Å². The molecule has 1 aliphatic heterocycles. The minimum absolute atomic E-state index is 0.0929. The lowest BCUT2D eigenvalue weighted by atomic mass is 10.2. The highest BCUT2D eigenvalue weighted by Gasteiger charge is 2.27. The number of hydrogen-bond donors (Lipinski definition) is 1. The van der Waals surface area contributed by atoms with Gasteiger partial charge in [-0.1, -0.05) is 12.1 Å². The summed E-state index contributed by atoms with van der Waals surface area (Å²) in [6.45, 7) is 1.17. The van der Waals surface area contributed by atoms with Crippen molar-refractivity contribution < 1.29 is 18.7 Å². The summed E-state index contributed by atoms with van der Waals surface area (Å²) in [4.78, 5) is 30.6. The number of pyridine rings is 1. The smallest absolute Gasteiger partial charge is 0.313 e. The summed E-state index contributed by atoms with van der Waals surface area (Å²) in [5.41, 5.74) is 0.913. The topological polar surface area (TPSA) is 71.5 Å². The highest BCUT2D eigenvalue weighted by molar-refractivity contribution is 6.39. The molecule has 6 nitrogen and oxygen atoms in total. The number of benzene rings is 1. The molecule has 1 aromatic heterocycles. The van der Waals surface area contributed by atoms with E-state index in [1.807, 2.05) is 6.07 Å². The van der Waals surface area contributed by atoms with Crippen LogP contribution in [-0.4, -0.2) is 41.0 Å². The number of aromatic nitrogens is 1. The van der Waals surface area contributed by atoms with Crippen LogP contribution in [0.1, 0.15) is 18.5 Å². The van der Waals surface area contributed by atoms with Gasteiger partial charge in [-0.05, 0) is 43.2 Å². The quantitative estimate of drug-likeness (QED) is 0.834. The molecule has 2 amide bonds. The number of halogens is 1. The first-order chi connectivity index (χ1) is 12.6. The van der Waals surface area contributed by atoms with Gasteiger partial charge in [-0.15, -0.1) is 0 Å². The highest BCUT2D eigenvalue weighted by Crippen LogP contribution is 2.16. The van der Waals surface area contributed by atoms with Gasteiger partial charge in [0.05, 0.1) is 18.3 Å². The Kier molecular flexibility index (Phi) is 5.91. The summed E-state index contributed by atoms with van der Waals surface area (Å²) in [6.07, 6.45) is 3.32. The van der Waals surface area contributed by atoms with E-state index in [0.29, 0.717) is 18.8 Å². The van der Waals surface area contributed by atoms with Crippen LogP contribution in [0.5, 0.6) is 0 Å². The van der Waals surface area contributed by atoms with Gasteiger partial charge in [0.25, 0.3) is 0 Å². The van der Waals surface area contributed by atoms with Crippen LogP contribution >= 0.6 is 0 Å². The molecular weight excluding hydrogens is 337 g/mol. The Balaban J connectivity index is 1.71. The molecule has 1 aliphatic rings. The standard InChI is InChI=1S/C19H20FN3O3/c20-14-5-3-7-15(11-14)22-18(24)19(25)23(13-17-8-4-10-26-17)12-16-6-1-2-9-21-16/h1-3,5-7,9,11,17H,4,8,10,12-13H2,(H,22,24)/t17-/m0/s1. The first-order valence-electron chi connectivity index (χ1n) is 8.49. The molecule has 7 heteroatoms. The van der Waals surface area contributed by atoms with E-state index < -0.39 is 17.6 Å². The molecule has 0 radical (unpaired) electrons. The fourth-order valence-electron chi connectivity index (χ4n) is 2.84. The maximum absolute atomic E-state index is 13.3. The van der Waals surface area contributed by atoms with Gasteiger partial charge in [0.15, 0.2) is 0 Å². The minimum atomic E-state index is -0.815. The molecule has 26 heavy (non-hydrogen) atoms. The molecule has 136 valence electrons. The predicted octanol–water partition coefficient (Wildman–Crippen LogP) is 2.37. The van der Waals surface area contributed by atoms with E-state index >= 15 is 0 Å². The van der Waals surface area contributed by atoms with Crippen LogP contribution in [0.4, 0.5) is 10.1 Å². The summed E-state index contributed by atoms with van der Waals surface area (Å²) in [5, 5.41) is 2.44. The molecule has 1 fully saturated rings. The SMILES string of the molecule is O=C(Nc1cccc(F)c1)C(=O)N(Cc1ccccn1)C[C@@H]1CCCO1. The van der Waals surface area contributed by atoms with Gasteiger partial charge in [-0.25, -0.2) is 4.39 Å². The van der Waals surface area contributed by atoms with E-state index in [9.17, 15) is 14.0 Å². The summed E-state index contributed by atoms with van der Waals surface area (Å²) < 4.78 is 18.9. The number of carbonyl (C=O) groups is 2. The number of hydrogen-bond acceptors (Lipinski definition) is 4. The van der Waals surface area contributed by atoms with Crippen molar-refractivity contribution in [3.8, 4) is 0 Å². The van der Waals surface area contributed by atoms with E-state index in [0.717, 1.165) is 18.9 Å². The Morgan fingerprint density at radius 2 is 2.15 bits per heavy atom. The third-order valence-corrected chi connectivity index (χ3v) is 4.09. The van der Waals surface area contributed by atoms with E-state index in [1.54, 1.807) is 18.3 Å². The average Bonchev–Trinajstić information content (AvgIpc) is 3.14. The van der Waals surface area contributed by atoms with Crippen molar-refractivity contribution in [2.75, 3.05) is 18.5 Å². The Labute approximate surface area is 151 Å². The van der Waals surface area contributed by atoms with E-state index in [4.69, 9.17) is 4.74 Å². The molecule has 1 N–H and O–H groups in total. The maximum Gasteiger partial charge on any atom is 0.313 e. The van der Waals surface area contributed by atoms with Gasteiger partial charge in [-0.2, -0.15) is 0 Å². The molecule has 2 heterocycles. The van der Waals surface area contributed by atoms with Crippen molar-refractivity contribution in [2.45, 2.75) is 25.5 Å². The van der Waals surface area contributed by atoms with Crippen molar-refractivity contribution in [3.05, 3.63) is 60.2 Å². The summed E-state index contributed by atoms with van der Waals surface area (Å²) in [6, 6.07) is 10.8. The number of rotatable bonds is 5. The van der Waals surface area contributed by atoms with Crippen molar-refractivity contribution in [1.82, 2.24) is 9.88 Å². The number of ether oxygens (including phenoxy) is 1. The Bertz CT molecular complexity index is 764. The molecule has 0 aliphatic carbocycles. The molecule has 1 saturated heterocycles. The van der Waals surface area contributed by atoms with Gasteiger partial charge in [-0.3, -0.25) is 14.6 Å². The van der Waals surface area contributed by atoms with Crippen molar-refractivity contribution in [3.63, 3.8) is 0 Å². The summed E-state index contributed by atoms with van der Waals surface area (Å²) in [5.74, 6) is -2.00. The third-order valence-electron chi connectivity index (χ3n) is 4.09. The van der Waals surface area contributed by atoms with Crippen LogP contribution in [0.25, 0.3) is 0 Å². The molecule has 0 bridgehead atoms. The summed E-state index contributed by atoms with van der Waals surface area (Å²) >= 11 is 0. The Morgan fingerprint density at radius 3 is 2.85 bits per heavy atom. The fraction of sp³-hybridized carbons (Fsp3) is 0.316. The summed E-state index contributed by atoms with van der Waals surface area (Å²) in [7, 11) is 0. The molecule has 2 aromatic rings. The Hall–Kier alpha value is -2.80. The molecule has 3 rings (SSSR count). The predicted molar refractivity (Wildman–Crippen MR) is 93.7 cm³/mol. The number of nitrogens with one attached hydrogen (secondary N) is 1. The minimum Gasteiger partial charge on any atom is -0.376 e. The zero-order valence-electron chi connectivity index (χ0n) is 14.2. The van der Waals surface area contributed by atoms with Crippen LogP contribution in [0.2, 0.25) is 0 Å². The van der Waals surface area contributed by atoms with Crippen molar-refractivity contribution >= 4 is 17.5 Å². The first kappa shape index (κ1) is 18.0. The number of carbonyl (C=O) groups excluding carboxylic acids is 2. The molecule has 0 unspecified atom stereocenters. The van der Waals surface area contributed by atoms with E-state index in [2.05, 4.69) is 10.3 Å². The molecule has 1 atom stereocenters. The number of amides is 2. The second-order valence-electron chi connectivity index (χ2n) is 6.11. The van der Waals surface area contributed by atoms with Crippen LogP contribution in [0, 0.1) is 5.82 Å². The lowest BCUT2D eigenvalue weighted by molar-refractivity contribution is -0.144. The lowest BCUT2D eigenvalue weighted by Gasteiger charge is -2.24. The molecular formula is C19H20FN3O3. The van der Waals surface area contributed by atoms with Gasteiger partial charge in [0.1, 0.15) is 5.82 Å². The third kappa shape index (κ3) is 4.86. The van der Waals surface area contributed by atoms with Crippen LogP contribution in [-0.2, 0) is 20.9 Å². The van der Waals surface area contributed by atoms with Crippen LogP contribution < -0.4 is 5.32 Å². The monoisotopic (exact) mass is 357 g/mol. The second-order valence-corrected chi connectivity index (χ2v) is 6.11. The molecule has 0 saturated carbocycles. The van der Waals surface area contributed by atoms with Gasteiger partial charge >= 0.3 is 11.8 Å². The largest absolute Gasteiger partial charge is 0.376 e. The van der Waals surface area contributed by atoms with E-state index in [-0.39, 0.29) is 18.3 Å². The second kappa shape index (κ2) is 8.53. The number of nitrogens with zero attached hydrogens (tertiary/aromatic N) is 2. The van der Waals surface area contributed by atoms with E-state index in [1.165, 1.54) is 23.1 Å². The first-order valence-corrected chi connectivity index (χ1v) is 8.49. The zero-order chi connectivity index (χ0) is 18.4.